The number of anilines is 2. The standard InChI is InChI=1S/C12H15N3O.C12H12N2/c13-12(14-16)11-9-6-15(7-10(9)11)8-4-2-1-3-5-8;13-6-10-11-7-14(8-12(10)11)9-4-2-1-3-5-9/h1-5,9-11,16H,6-7H2,(H2,13,14);1-5,10-12H,7-8H2. The predicted octanol–water partition coefficient (Wildman–Crippen LogP) is 3.01. The van der Waals surface area contributed by atoms with Gasteiger partial charge in [-0.25, -0.2) is 0 Å². The predicted molar refractivity (Wildman–Crippen MR) is 117 cm³/mol. The molecule has 3 N–H and O–H groups in total. The molecule has 6 nitrogen and oxygen atoms in total. The summed E-state index contributed by atoms with van der Waals surface area (Å²) in [5.41, 5.74) is 8.21. The molecule has 2 saturated carbocycles. The lowest BCUT2D eigenvalue weighted by molar-refractivity contribution is 0.315. The van der Waals surface area contributed by atoms with E-state index in [-0.39, 0.29) is 0 Å². The highest BCUT2D eigenvalue weighted by Gasteiger charge is 2.58. The van der Waals surface area contributed by atoms with Gasteiger partial charge < -0.3 is 20.7 Å². The molecule has 2 aromatic rings. The van der Waals surface area contributed by atoms with Crippen molar-refractivity contribution in [1.29, 1.82) is 5.26 Å². The molecule has 0 radical (unpaired) electrons. The van der Waals surface area contributed by atoms with E-state index in [9.17, 15) is 0 Å². The number of benzene rings is 2. The third-order valence-electron chi connectivity index (χ3n) is 7.24. The topological polar surface area (TPSA) is 88.9 Å². The van der Waals surface area contributed by atoms with E-state index in [1.165, 1.54) is 11.4 Å². The zero-order valence-corrected chi connectivity index (χ0v) is 16.9. The molecule has 2 aromatic carbocycles. The maximum Gasteiger partial charge on any atom is 0.142 e. The van der Waals surface area contributed by atoms with Gasteiger partial charge in [-0.15, -0.1) is 0 Å². The first kappa shape index (κ1) is 18.8. The van der Waals surface area contributed by atoms with Gasteiger partial charge in [-0.05, 0) is 47.9 Å². The van der Waals surface area contributed by atoms with Crippen molar-refractivity contribution in [2.24, 2.45) is 46.4 Å². The van der Waals surface area contributed by atoms with Crippen LogP contribution in [0.5, 0.6) is 0 Å². The van der Waals surface area contributed by atoms with Gasteiger partial charge >= 0.3 is 0 Å². The minimum Gasteiger partial charge on any atom is -0.409 e. The zero-order valence-electron chi connectivity index (χ0n) is 16.9. The van der Waals surface area contributed by atoms with E-state index < -0.39 is 0 Å². The van der Waals surface area contributed by atoms with Crippen LogP contribution in [0.4, 0.5) is 11.4 Å². The first-order valence-electron chi connectivity index (χ1n) is 10.7. The van der Waals surface area contributed by atoms with Gasteiger partial charge in [0.05, 0.1) is 12.0 Å². The van der Waals surface area contributed by atoms with E-state index >= 15 is 0 Å². The number of piperidine rings is 2. The van der Waals surface area contributed by atoms with Crippen LogP contribution in [0.3, 0.4) is 0 Å². The fraction of sp³-hybridized carbons (Fsp3) is 0.417. The summed E-state index contributed by atoms with van der Waals surface area (Å²) in [4.78, 5) is 4.76. The first-order valence-corrected chi connectivity index (χ1v) is 10.7. The number of para-hydroxylation sites is 2. The summed E-state index contributed by atoms with van der Waals surface area (Å²) in [5, 5.41) is 20.5. The monoisotopic (exact) mass is 401 g/mol. The number of amidine groups is 1. The Hall–Kier alpha value is -3.20. The average Bonchev–Trinajstić information content (AvgIpc) is 3.51. The molecule has 30 heavy (non-hydrogen) atoms. The Bertz CT molecular complexity index is 933. The van der Waals surface area contributed by atoms with Crippen LogP contribution in [0.25, 0.3) is 0 Å². The van der Waals surface area contributed by atoms with Crippen LogP contribution in [-0.2, 0) is 0 Å². The fourth-order valence-corrected chi connectivity index (χ4v) is 5.45. The molecule has 4 aliphatic rings. The highest BCUT2D eigenvalue weighted by atomic mass is 16.4. The largest absolute Gasteiger partial charge is 0.409 e. The van der Waals surface area contributed by atoms with Crippen molar-refractivity contribution in [3.8, 4) is 6.07 Å². The van der Waals surface area contributed by atoms with Gasteiger partial charge in [0, 0.05) is 43.5 Å². The van der Waals surface area contributed by atoms with Crippen molar-refractivity contribution in [3.63, 3.8) is 0 Å². The van der Waals surface area contributed by atoms with Crippen LogP contribution in [0.1, 0.15) is 0 Å². The first-order chi connectivity index (χ1) is 14.7. The Labute approximate surface area is 177 Å². The summed E-state index contributed by atoms with van der Waals surface area (Å²) in [6, 6.07) is 23.3. The molecule has 4 unspecified atom stereocenters. The highest BCUT2D eigenvalue weighted by Crippen LogP contribution is 2.53. The lowest BCUT2D eigenvalue weighted by Crippen LogP contribution is -2.28. The normalized spacial score (nSPS) is 33.1. The van der Waals surface area contributed by atoms with Crippen molar-refractivity contribution in [2.75, 3.05) is 36.0 Å². The Morgan fingerprint density at radius 3 is 1.67 bits per heavy atom. The van der Waals surface area contributed by atoms with Crippen molar-refractivity contribution in [2.45, 2.75) is 0 Å². The lowest BCUT2D eigenvalue weighted by atomic mass is 10.2. The molecule has 2 saturated heterocycles. The van der Waals surface area contributed by atoms with E-state index in [1.54, 1.807) is 0 Å². The minimum absolute atomic E-state index is 0.310. The van der Waals surface area contributed by atoms with Gasteiger partial charge in [0.15, 0.2) is 0 Å². The molecule has 4 fully saturated rings. The molecule has 6 heteroatoms. The molecular formula is C24H27N5O. The Balaban J connectivity index is 0.000000130. The third kappa shape index (κ3) is 3.35. The Morgan fingerprint density at radius 1 is 0.833 bits per heavy atom. The molecule has 0 aromatic heterocycles. The summed E-state index contributed by atoms with van der Waals surface area (Å²) in [6.45, 7) is 4.20. The van der Waals surface area contributed by atoms with Crippen molar-refractivity contribution in [3.05, 3.63) is 60.7 Å². The quantitative estimate of drug-likeness (QED) is 0.357. The van der Waals surface area contributed by atoms with Crippen LogP contribution in [0.15, 0.2) is 65.8 Å². The summed E-state index contributed by atoms with van der Waals surface area (Å²) < 4.78 is 0. The molecular weight excluding hydrogens is 374 g/mol. The molecule has 0 bridgehead atoms. The van der Waals surface area contributed by atoms with E-state index in [0.29, 0.717) is 41.3 Å². The number of oxime groups is 1. The van der Waals surface area contributed by atoms with Crippen LogP contribution in [-0.4, -0.2) is 37.2 Å². The number of rotatable bonds is 3. The van der Waals surface area contributed by atoms with Gasteiger partial charge in [0.2, 0.25) is 0 Å². The molecule has 4 atom stereocenters. The highest BCUT2D eigenvalue weighted by molar-refractivity contribution is 5.86. The second-order valence-electron chi connectivity index (χ2n) is 8.84. The van der Waals surface area contributed by atoms with Crippen LogP contribution >= 0.6 is 0 Å². The molecule has 2 heterocycles. The van der Waals surface area contributed by atoms with E-state index in [1.807, 2.05) is 12.1 Å². The Morgan fingerprint density at radius 2 is 1.27 bits per heavy atom. The van der Waals surface area contributed by atoms with Crippen LogP contribution in [0, 0.1) is 46.8 Å². The molecule has 0 spiro atoms. The van der Waals surface area contributed by atoms with Gasteiger partial charge in [0.25, 0.3) is 0 Å². The van der Waals surface area contributed by atoms with E-state index in [2.05, 4.69) is 69.6 Å². The lowest BCUT2D eigenvalue weighted by Gasteiger charge is -2.21. The second-order valence-corrected chi connectivity index (χ2v) is 8.84. The second kappa shape index (κ2) is 7.56. The number of nitriles is 1. The van der Waals surface area contributed by atoms with E-state index in [0.717, 1.165) is 26.2 Å². The fourth-order valence-electron chi connectivity index (χ4n) is 5.45. The number of nitrogens with zero attached hydrogens (tertiary/aromatic N) is 4. The molecule has 2 aliphatic carbocycles. The smallest absolute Gasteiger partial charge is 0.142 e. The summed E-state index contributed by atoms with van der Waals surface area (Å²) >= 11 is 0. The van der Waals surface area contributed by atoms with Gasteiger partial charge in [-0.3, -0.25) is 0 Å². The number of fused-ring (bicyclic) bond motifs is 2. The molecule has 0 amide bonds. The van der Waals surface area contributed by atoms with E-state index in [4.69, 9.17) is 16.2 Å². The third-order valence-corrected chi connectivity index (χ3v) is 7.24. The van der Waals surface area contributed by atoms with Crippen molar-refractivity contribution >= 4 is 17.2 Å². The number of hydrogen-bond acceptors (Lipinski definition) is 5. The molecule has 154 valence electrons. The maximum atomic E-state index is 8.80. The summed E-state index contributed by atoms with van der Waals surface area (Å²) in [6.07, 6.45) is 0. The summed E-state index contributed by atoms with van der Waals surface area (Å²) in [5.74, 6) is 3.54. The van der Waals surface area contributed by atoms with Crippen molar-refractivity contribution in [1.82, 2.24) is 0 Å². The van der Waals surface area contributed by atoms with Crippen molar-refractivity contribution < 1.29 is 5.21 Å². The van der Waals surface area contributed by atoms with Gasteiger partial charge in [0.1, 0.15) is 5.84 Å². The number of nitrogens with two attached hydrogens (primary N) is 1. The molecule has 6 rings (SSSR count). The maximum absolute atomic E-state index is 8.80. The van der Waals surface area contributed by atoms with Crippen LogP contribution < -0.4 is 15.5 Å². The Kier molecular flexibility index (Phi) is 4.74. The number of hydrogen-bond donors (Lipinski definition) is 2. The summed E-state index contributed by atoms with van der Waals surface area (Å²) in [7, 11) is 0. The zero-order chi connectivity index (χ0) is 20.7. The van der Waals surface area contributed by atoms with Gasteiger partial charge in [-0.2, -0.15) is 5.26 Å². The average molecular weight is 402 g/mol. The molecule has 2 aliphatic heterocycles. The SMILES string of the molecule is N#CC1C2CN(c3ccccc3)CC12.N/C(=N\O)C1C2CN(c3ccccc3)CC21. The minimum atomic E-state index is 0.310. The van der Waals surface area contributed by atoms with Crippen LogP contribution in [0.2, 0.25) is 0 Å². The van der Waals surface area contributed by atoms with Gasteiger partial charge in [-0.1, -0.05) is 41.6 Å².